The van der Waals surface area contributed by atoms with Crippen LogP contribution in [0.2, 0.25) is 0 Å². The Morgan fingerprint density at radius 1 is 0.216 bits per heavy atom. The summed E-state index contributed by atoms with van der Waals surface area (Å²) in [7, 11) is 8.89. The van der Waals surface area contributed by atoms with Gasteiger partial charge in [-0.15, -0.1) is 0 Å². The van der Waals surface area contributed by atoms with E-state index in [1.54, 1.807) is 0 Å². The number of ether oxygens (including phenoxy) is 8. The van der Waals surface area contributed by atoms with Gasteiger partial charge in [-0.05, 0) is 25.7 Å². The lowest BCUT2D eigenvalue weighted by atomic mass is 10.1. The minimum Gasteiger partial charge on any atom is -0.388 e. The maximum atomic E-state index is 10.7. The Hall–Kier alpha value is -0.440. The Morgan fingerprint density at radius 3 is 0.602 bits per heavy atom. The average molecular weight is 1260 g/mol. The van der Waals surface area contributed by atoms with Crippen molar-refractivity contribution in [1.29, 1.82) is 0 Å². The van der Waals surface area contributed by atoms with Gasteiger partial charge in [0, 0.05) is 26.4 Å². The molecule has 0 aromatic heterocycles. The van der Waals surface area contributed by atoms with Crippen LogP contribution in [0, 0.1) is 0 Å². The Bertz CT molecular complexity index is 1200. The number of likely N-dealkylation sites (N-methyl/N-ethyl adjacent to an activating group) is 2. The number of aliphatic hydroxyl groups excluding tert-OH is 1. The first kappa shape index (κ1) is 87.6. The lowest BCUT2D eigenvalue weighted by molar-refractivity contribution is -0.891. The van der Waals surface area contributed by atoms with Gasteiger partial charge in [0.15, 0.2) is 0 Å². The van der Waals surface area contributed by atoms with E-state index >= 15 is 0 Å². The standard InChI is InChI=1S/C77H160N2O9/c1-9-13-17-21-25-29-33-37-41-45-49-53-61-81-71-76(87-63-55-51-47-43-39-35-31-27-23-19-15-11-3)73-85-67-59-78(5,6)57-65-83-69-75(80)70-84-66-58-79(7,8)60-68-86-74-77(88-64-56-52-48-44-40-36-32-28-24-20-16-12-4)72-82-62-54-50-46-42-38-34-30-26-22-18-14-10-2/h75-77,80H,9-74H2,1-8H3/q+2. The molecule has 0 aromatic rings. The second-order valence-corrected chi connectivity index (χ2v) is 28.4. The zero-order valence-corrected chi connectivity index (χ0v) is 61.0. The molecule has 11 nitrogen and oxygen atoms in total. The third-order valence-electron chi connectivity index (χ3n) is 18.2. The molecule has 11 heteroatoms. The fourth-order valence-corrected chi connectivity index (χ4v) is 11.6. The highest BCUT2D eigenvalue weighted by Crippen LogP contribution is 2.17. The molecule has 0 aliphatic heterocycles. The van der Waals surface area contributed by atoms with E-state index in [4.69, 9.17) is 37.9 Å². The van der Waals surface area contributed by atoms with Crippen LogP contribution in [-0.2, 0) is 37.9 Å². The van der Waals surface area contributed by atoms with Crippen LogP contribution in [0.25, 0.3) is 0 Å². The summed E-state index contributed by atoms with van der Waals surface area (Å²) in [5, 5.41) is 10.7. The highest BCUT2D eigenvalue weighted by Gasteiger charge is 2.19. The molecule has 0 saturated heterocycles. The fourth-order valence-electron chi connectivity index (χ4n) is 11.6. The lowest BCUT2D eigenvalue weighted by Crippen LogP contribution is -2.45. The molecule has 0 heterocycles. The van der Waals surface area contributed by atoms with E-state index in [-0.39, 0.29) is 25.4 Å². The molecule has 0 radical (unpaired) electrons. The Labute approximate surface area is 550 Å². The molecule has 530 valence electrons. The molecule has 2 atom stereocenters. The maximum Gasteiger partial charge on any atom is 0.104 e. The number of quaternary nitrogens is 2. The molecular formula is C77H160N2O9+2. The second kappa shape index (κ2) is 70.9. The SMILES string of the molecule is CCCCCCCCCCCCCCOCC(COCC[N+](C)(C)CCOCC(O)COCC[N+](C)(C)CCOCC(COCCCCCCCCCCCCCC)OCCCCCCCCCCCCCC)OCCCCCCCCCCCCCC. The average Bonchev–Trinajstić information content (AvgIpc) is 3.54. The van der Waals surface area contributed by atoms with Crippen molar-refractivity contribution in [3.63, 3.8) is 0 Å². The van der Waals surface area contributed by atoms with E-state index in [1.807, 2.05) is 0 Å². The van der Waals surface area contributed by atoms with Gasteiger partial charge < -0.3 is 52.0 Å². The fraction of sp³-hybridized carbons (Fsp3) is 1.00. The molecule has 0 bridgehead atoms. The van der Waals surface area contributed by atoms with Crippen LogP contribution < -0.4 is 0 Å². The van der Waals surface area contributed by atoms with Crippen molar-refractivity contribution in [2.45, 2.75) is 354 Å². The highest BCUT2D eigenvalue weighted by atomic mass is 16.6. The molecule has 0 fully saturated rings. The van der Waals surface area contributed by atoms with E-state index in [0.717, 1.165) is 87.3 Å². The number of hydrogen-bond donors (Lipinski definition) is 1. The van der Waals surface area contributed by atoms with Crippen molar-refractivity contribution in [3.05, 3.63) is 0 Å². The molecule has 0 amide bonds. The van der Waals surface area contributed by atoms with Crippen molar-refractivity contribution in [1.82, 2.24) is 0 Å². The van der Waals surface area contributed by atoms with Gasteiger partial charge in [-0.3, -0.25) is 0 Å². The van der Waals surface area contributed by atoms with Gasteiger partial charge in [-0.25, -0.2) is 0 Å². The lowest BCUT2D eigenvalue weighted by Gasteiger charge is -2.30. The second-order valence-electron chi connectivity index (χ2n) is 28.4. The normalized spacial score (nSPS) is 13.3. The minimum absolute atomic E-state index is 0.0296. The molecule has 0 aliphatic carbocycles. The Balaban J connectivity index is 4.56. The topological polar surface area (TPSA) is 94.1 Å². The van der Waals surface area contributed by atoms with Gasteiger partial charge in [-0.1, -0.05) is 310 Å². The number of unbranched alkanes of at least 4 members (excludes halogenated alkanes) is 44. The first-order valence-corrected chi connectivity index (χ1v) is 39.1. The summed E-state index contributed by atoms with van der Waals surface area (Å²) in [6.07, 6.45) is 64.0. The summed E-state index contributed by atoms with van der Waals surface area (Å²) in [6, 6.07) is 0. The minimum atomic E-state index is -0.652. The van der Waals surface area contributed by atoms with Crippen molar-refractivity contribution in [3.8, 4) is 0 Å². The number of hydrogen-bond acceptors (Lipinski definition) is 9. The van der Waals surface area contributed by atoms with Gasteiger partial charge in [0.2, 0.25) is 0 Å². The van der Waals surface area contributed by atoms with Crippen LogP contribution in [0.1, 0.15) is 336 Å². The zero-order chi connectivity index (χ0) is 64.1. The van der Waals surface area contributed by atoms with Crippen LogP contribution in [0.15, 0.2) is 0 Å². The van der Waals surface area contributed by atoms with Gasteiger partial charge in [0.1, 0.15) is 44.5 Å². The van der Waals surface area contributed by atoms with Crippen LogP contribution >= 0.6 is 0 Å². The first-order valence-electron chi connectivity index (χ1n) is 39.1. The van der Waals surface area contributed by atoms with E-state index in [9.17, 15) is 5.11 Å². The summed E-state index contributed by atoms with van der Waals surface area (Å²) in [5.41, 5.74) is 0. The van der Waals surface area contributed by atoms with Gasteiger partial charge in [-0.2, -0.15) is 0 Å². The summed E-state index contributed by atoms with van der Waals surface area (Å²) < 4.78 is 51.2. The van der Waals surface area contributed by atoms with Crippen molar-refractivity contribution < 1.29 is 52.0 Å². The van der Waals surface area contributed by atoms with Crippen LogP contribution in [0.5, 0.6) is 0 Å². The van der Waals surface area contributed by atoms with Crippen LogP contribution in [0.4, 0.5) is 0 Å². The molecule has 0 rings (SSSR count). The van der Waals surface area contributed by atoms with E-state index in [1.165, 1.54) is 283 Å². The van der Waals surface area contributed by atoms with Crippen LogP contribution in [0.3, 0.4) is 0 Å². The summed E-state index contributed by atoms with van der Waals surface area (Å²) in [4.78, 5) is 0. The highest BCUT2D eigenvalue weighted by molar-refractivity contribution is 4.61. The van der Waals surface area contributed by atoms with Gasteiger partial charge in [0.05, 0.1) is 94.3 Å². The van der Waals surface area contributed by atoms with E-state index in [2.05, 4.69) is 55.9 Å². The maximum absolute atomic E-state index is 10.7. The van der Waals surface area contributed by atoms with Crippen molar-refractivity contribution in [2.24, 2.45) is 0 Å². The largest absolute Gasteiger partial charge is 0.388 e. The third kappa shape index (κ3) is 69.9. The smallest absolute Gasteiger partial charge is 0.104 e. The zero-order valence-electron chi connectivity index (χ0n) is 61.0. The molecule has 0 spiro atoms. The van der Waals surface area contributed by atoms with Crippen molar-refractivity contribution in [2.75, 3.05) is 147 Å². The Morgan fingerprint density at radius 2 is 0.386 bits per heavy atom. The van der Waals surface area contributed by atoms with E-state index in [0.29, 0.717) is 52.9 Å². The third-order valence-corrected chi connectivity index (χ3v) is 18.2. The van der Waals surface area contributed by atoms with Gasteiger partial charge in [0.25, 0.3) is 0 Å². The molecule has 2 unspecified atom stereocenters. The molecule has 0 aromatic carbocycles. The van der Waals surface area contributed by atoms with Crippen LogP contribution in [-0.4, -0.2) is 179 Å². The summed E-state index contributed by atoms with van der Waals surface area (Å²) in [5.74, 6) is 0. The summed E-state index contributed by atoms with van der Waals surface area (Å²) in [6.45, 7) is 21.1. The molecular weight excluding hydrogens is 1100 g/mol. The van der Waals surface area contributed by atoms with E-state index < -0.39 is 6.10 Å². The number of aliphatic hydroxyl groups is 1. The number of rotatable bonds is 78. The Kier molecular flexibility index (Phi) is 70.5. The quantitative estimate of drug-likeness (QED) is 0.0472. The monoisotopic (exact) mass is 1260 g/mol. The predicted molar refractivity (Wildman–Crippen MR) is 378 cm³/mol. The number of nitrogens with zero attached hydrogens (tertiary/aromatic N) is 2. The summed E-state index contributed by atoms with van der Waals surface area (Å²) >= 11 is 0. The van der Waals surface area contributed by atoms with Crippen molar-refractivity contribution >= 4 is 0 Å². The first-order chi connectivity index (χ1) is 43.1. The molecule has 1 N–H and O–H groups in total. The predicted octanol–water partition coefficient (Wildman–Crippen LogP) is 20.2. The molecule has 0 saturated carbocycles. The molecule has 88 heavy (non-hydrogen) atoms. The molecule has 0 aliphatic rings. The van der Waals surface area contributed by atoms with Gasteiger partial charge >= 0.3 is 0 Å².